The summed E-state index contributed by atoms with van der Waals surface area (Å²) >= 11 is 0. The first-order valence-corrected chi connectivity index (χ1v) is 8.86. The number of urea groups is 1. The quantitative estimate of drug-likeness (QED) is 0.780. The van der Waals surface area contributed by atoms with Crippen LogP contribution in [0.25, 0.3) is 0 Å². The number of ether oxygens (including phenoxy) is 1. The Kier molecular flexibility index (Phi) is 6.28. The monoisotopic (exact) mass is 347 g/mol. The van der Waals surface area contributed by atoms with Gasteiger partial charge in [0.1, 0.15) is 5.60 Å². The van der Waals surface area contributed by atoms with Crippen LogP contribution in [0.15, 0.2) is 30.3 Å². The summed E-state index contributed by atoms with van der Waals surface area (Å²) in [6.45, 7) is 7.43. The van der Waals surface area contributed by atoms with Gasteiger partial charge in [-0.2, -0.15) is 0 Å². The molecule has 0 heterocycles. The van der Waals surface area contributed by atoms with Gasteiger partial charge in [0, 0.05) is 0 Å². The second kappa shape index (κ2) is 8.23. The van der Waals surface area contributed by atoms with Crippen LogP contribution in [0.3, 0.4) is 0 Å². The Morgan fingerprint density at radius 2 is 1.68 bits per heavy atom. The van der Waals surface area contributed by atoms with Crippen molar-refractivity contribution in [2.75, 3.05) is 0 Å². The van der Waals surface area contributed by atoms with E-state index in [0.29, 0.717) is 0 Å². The number of carbonyl (C=O) groups excluding carboxylic acids is 2. The number of alkyl carbamates (subject to hydrolysis) is 1. The van der Waals surface area contributed by atoms with E-state index >= 15 is 0 Å². The summed E-state index contributed by atoms with van der Waals surface area (Å²) in [6.07, 6.45) is 2.19. The third kappa shape index (κ3) is 6.29. The Morgan fingerprint density at radius 1 is 1.08 bits per heavy atom. The van der Waals surface area contributed by atoms with E-state index in [9.17, 15) is 9.59 Å². The van der Waals surface area contributed by atoms with E-state index in [1.807, 2.05) is 58.0 Å². The first kappa shape index (κ1) is 19.1. The molecule has 1 aliphatic rings. The second-order valence-corrected chi connectivity index (χ2v) is 7.54. The van der Waals surface area contributed by atoms with Gasteiger partial charge in [-0.05, 0) is 52.5 Å². The number of carbonyl (C=O) groups is 2. The van der Waals surface area contributed by atoms with Crippen LogP contribution < -0.4 is 16.0 Å². The molecule has 1 fully saturated rings. The Balaban J connectivity index is 1.84. The smallest absolute Gasteiger partial charge is 0.407 e. The van der Waals surface area contributed by atoms with Gasteiger partial charge in [0.25, 0.3) is 0 Å². The van der Waals surface area contributed by atoms with Crippen molar-refractivity contribution in [3.8, 4) is 0 Å². The van der Waals surface area contributed by atoms with Crippen molar-refractivity contribution in [3.63, 3.8) is 0 Å². The number of hydrogen-bond acceptors (Lipinski definition) is 3. The van der Waals surface area contributed by atoms with Crippen molar-refractivity contribution >= 4 is 12.1 Å². The number of hydrogen-bond donors (Lipinski definition) is 3. The van der Waals surface area contributed by atoms with Crippen molar-refractivity contribution < 1.29 is 14.3 Å². The molecule has 1 aromatic carbocycles. The molecule has 138 valence electrons. The minimum atomic E-state index is -0.534. The maximum Gasteiger partial charge on any atom is 0.407 e. The fourth-order valence-electron chi connectivity index (χ4n) is 3.00. The van der Waals surface area contributed by atoms with Crippen LogP contribution in [-0.4, -0.2) is 29.8 Å². The largest absolute Gasteiger partial charge is 0.444 e. The van der Waals surface area contributed by atoms with Gasteiger partial charge in [0.15, 0.2) is 0 Å². The van der Waals surface area contributed by atoms with Crippen LogP contribution in [0.1, 0.15) is 58.6 Å². The fourth-order valence-corrected chi connectivity index (χ4v) is 3.00. The maximum absolute atomic E-state index is 12.3. The van der Waals surface area contributed by atoms with Gasteiger partial charge >= 0.3 is 12.1 Å². The summed E-state index contributed by atoms with van der Waals surface area (Å²) in [5, 5.41) is 8.79. The normalized spacial score (nSPS) is 21.3. The van der Waals surface area contributed by atoms with Gasteiger partial charge in [-0.15, -0.1) is 0 Å². The van der Waals surface area contributed by atoms with E-state index < -0.39 is 11.7 Å². The molecule has 0 unspecified atom stereocenters. The standard InChI is InChI=1S/C19H29N3O3/c1-13(14-9-6-5-7-10-14)20-17(23)21-15-11-8-12-16(15)22-18(24)25-19(2,3)4/h5-7,9-10,13,15-16H,8,11-12H2,1-4H3,(H,22,24)(H2,20,21,23)/t13-,15-,16-/m1/s1. The molecular formula is C19H29N3O3. The maximum atomic E-state index is 12.3. The lowest BCUT2D eigenvalue weighted by Gasteiger charge is -2.26. The van der Waals surface area contributed by atoms with Crippen molar-refractivity contribution in [3.05, 3.63) is 35.9 Å². The first-order chi connectivity index (χ1) is 11.7. The Bertz CT molecular complexity index is 583. The SMILES string of the molecule is C[C@@H](NC(=O)N[C@@H]1CCC[C@H]1NC(=O)OC(C)(C)C)c1ccccc1. The van der Waals surface area contributed by atoms with E-state index in [1.54, 1.807) is 0 Å². The zero-order valence-corrected chi connectivity index (χ0v) is 15.5. The van der Waals surface area contributed by atoms with E-state index in [2.05, 4.69) is 16.0 Å². The molecule has 6 heteroatoms. The van der Waals surface area contributed by atoms with Crippen molar-refractivity contribution in [2.45, 2.75) is 70.7 Å². The first-order valence-electron chi connectivity index (χ1n) is 8.86. The summed E-state index contributed by atoms with van der Waals surface area (Å²) in [5.74, 6) is 0. The molecule has 25 heavy (non-hydrogen) atoms. The Hall–Kier alpha value is -2.24. The molecule has 6 nitrogen and oxygen atoms in total. The molecule has 3 atom stereocenters. The fraction of sp³-hybridized carbons (Fsp3) is 0.579. The van der Waals surface area contributed by atoms with Gasteiger partial charge in [-0.3, -0.25) is 0 Å². The zero-order valence-electron chi connectivity index (χ0n) is 15.5. The number of nitrogens with one attached hydrogen (secondary N) is 3. The minimum Gasteiger partial charge on any atom is -0.444 e. The van der Waals surface area contributed by atoms with Crippen LogP contribution in [0.5, 0.6) is 0 Å². The van der Waals surface area contributed by atoms with Gasteiger partial charge in [-0.1, -0.05) is 30.3 Å². The van der Waals surface area contributed by atoms with Gasteiger partial charge in [0.05, 0.1) is 18.1 Å². The third-order valence-corrected chi connectivity index (χ3v) is 4.18. The van der Waals surface area contributed by atoms with Crippen LogP contribution >= 0.6 is 0 Å². The van der Waals surface area contributed by atoms with Crippen molar-refractivity contribution in [1.29, 1.82) is 0 Å². The second-order valence-electron chi connectivity index (χ2n) is 7.54. The van der Waals surface area contributed by atoms with E-state index in [1.165, 1.54) is 0 Å². The summed E-state index contributed by atoms with van der Waals surface area (Å²) in [7, 11) is 0. The summed E-state index contributed by atoms with van der Waals surface area (Å²) in [6, 6.07) is 9.30. The minimum absolute atomic E-state index is 0.0835. The molecule has 0 aromatic heterocycles. The highest BCUT2D eigenvalue weighted by molar-refractivity contribution is 5.75. The Morgan fingerprint density at radius 3 is 2.28 bits per heavy atom. The van der Waals surface area contributed by atoms with E-state index in [4.69, 9.17) is 4.74 Å². The average Bonchev–Trinajstić information content (AvgIpc) is 2.92. The van der Waals surface area contributed by atoms with Gasteiger partial charge in [0.2, 0.25) is 0 Å². The average molecular weight is 347 g/mol. The Labute approximate surface area is 149 Å². The molecule has 3 N–H and O–H groups in total. The molecule has 2 rings (SSSR count). The molecule has 0 radical (unpaired) electrons. The highest BCUT2D eigenvalue weighted by atomic mass is 16.6. The molecule has 1 aromatic rings. The van der Waals surface area contributed by atoms with Gasteiger partial charge in [-0.25, -0.2) is 9.59 Å². The lowest BCUT2D eigenvalue weighted by atomic mass is 10.1. The number of amides is 3. The van der Waals surface area contributed by atoms with E-state index in [-0.39, 0.29) is 24.2 Å². The van der Waals surface area contributed by atoms with Crippen molar-refractivity contribution in [1.82, 2.24) is 16.0 Å². The third-order valence-electron chi connectivity index (χ3n) is 4.18. The highest BCUT2D eigenvalue weighted by Crippen LogP contribution is 2.20. The molecule has 1 aliphatic carbocycles. The molecule has 3 amide bonds. The van der Waals surface area contributed by atoms with Crippen LogP contribution in [0.4, 0.5) is 9.59 Å². The molecule has 0 bridgehead atoms. The summed E-state index contributed by atoms with van der Waals surface area (Å²) < 4.78 is 5.30. The molecule has 0 spiro atoms. The molecule has 0 saturated heterocycles. The summed E-state index contributed by atoms with van der Waals surface area (Å²) in [4.78, 5) is 24.2. The van der Waals surface area contributed by atoms with Crippen LogP contribution in [-0.2, 0) is 4.74 Å². The van der Waals surface area contributed by atoms with E-state index in [0.717, 1.165) is 24.8 Å². The highest BCUT2D eigenvalue weighted by Gasteiger charge is 2.31. The molecular weight excluding hydrogens is 318 g/mol. The van der Waals surface area contributed by atoms with Crippen LogP contribution in [0.2, 0.25) is 0 Å². The van der Waals surface area contributed by atoms with Crippen LogP contribution in [0, 0.1) is 0 Å². The topological polar surface area (TPSA) is 79.5 Å². The predicted molar refractivity (Wildman–Crippen MR) is 97.3 cm³/mol. The number of benzene rings is 1. The molecule has 1 saturated carbocycles. The van der Waals surface area contributed by atoms with Gasteiger partial charge < -0.3 is 20.7 Å². The number of rotatable bonds is 4. The lowest BCUT2D eigenvalue weighted by molar-refractivity contribution is 0.0498. The predicted octanol–water partition coefficient (Wildman–Crippen LogP) is 3.49. The van der Waals surface area contributed by atoms with Crippen molar-refractivity contribution in [2.24, 2.45) is 0 Å². The summed E-state index contributed by atoms with van der Waals surface area (Å²) in [5.41, 5.74) is 0.515. The zero-order chi connectivity index (χ0) is 18.4. The molecule has 0 aliphatic heterocycles. The lowest BCUT2D eigenvalue weighted by Crippen LogP contribution is -2.52.